The van der Waals surface area contributed by atoms with Gasteiger partial charge < -0.3 is 9.47 Å². The first-order valence-electron chi connectivity index (χ1n) is 8.59. The number of alkyl halides is 1. The average Bonchev–Trinajstić information content (AvgIpc) is 2.64. The fourth-order valence-electron chi connectivity index (χ4n) is 2.41. The van der Waals surface area contributed by atoms with Gasteiger partial charge in [-0.1, -0.05) is 12.1 Å². The van der Waals surface area contributed by atoms with Gasteiger partial charge in [-0.3, -0.25) is 0 Å². The molecule has 0 atom stereocenters. The zero-order valence-corrected chi connectivity index (χ0v) is 15.5. The van der Waals surface area contributed by atoms with E-state index in [1.807, 2.05) is 24.3 Å². The van der Waals surface area contributed by atoms with Crippen LogP contribution in [-0.4, -0.2) is 18.5 Å². The van der Waals surface area contributed by atoms with Gasteiger partial charge >= 0.3 is 5.97 Å². The summed E-state index contributed by atoms with van der Waals surface area (Å²) in [7, 11) is 0. The van der Waals surface area contributed by atoms with Crippen LogP contribution in [0.5, 0.6) is 11.5 Å². The van der Waals surface area contributed by atoms with Gasteiger partial charge in [0.1, 0.15) is 17.3 Å². The summed E-state index contributed by atoms with van der Waals surface area (Å²) >= 11 is 5.74. The van der Waals surface area contributed by atoms with Crippen LogP contribution in [0.4, 0.5) is 4.39 Å². The number of ether oxygens (including phenoxy) is 2. The van der Waals surface area contributed by atoms with Crippen molar-refractivity contribution in [1.29, 1.82) is 0 Å². The van der Waals surface area contributed by atoms with Crippen LogP contribution in [0.3, 0.4) is 0 Å². The van der Waals surface area contributed by atoms with Crippen molar-refractivity contribution in [2.75, 3.05) is 12.5 Å². The number of allylic oxidation sites excluding steroid dienone is 1. The highest BCUT2D eigenvalue weighted by atomic mass is 35.5. The quantitative estimate of drug-likeness (QED) is 0.234. The molecule has 0 spiro atoms. The molecule has 0 aliphatic heterocycles. The Hall–Kier alpha value is -2.33. The highest BCUT2D eigenvalue weighted by Crippen LogP contribution is 2.26. The van der Waals surface area contributed by atoms with Gasteiger partial charge in [0.25, 0.3) is 0 Å². The summed E-state index contributed by atoms with van der Waals surface area (Å²) in [5, 5.41) is 0. The molecule has 26 heavy (non-hydrogen) atoms. The van der Waals surface area contributed by atoms with E-state index in [1.165, 1.54) is 18.2 Å². The second kappa shape index (κ2) is 10.6. The third-order valence-electron chi connectivity index (χ3n) is 3.68. The minimum atomic E-state index is -0.347. The van der Waals surface area contributed by atoms with Crippen molar-refractivity contribution in [2.45, 2.75) is 26.2 Å². The van der Waals surface area contributed by atoms with Crippen LogP contribution in [-0.2, 0) is 9.53 Å². The SMILES string of the molecule is CCOC(=O)/C=C(/CCCCCl)c1ccc(Oc2ccc(F)cc2)cc1. The topological polar surface area (TPSA) is 35.5 Å². The summed E-state index contributed by atoms with van der Waals surface area (Å²) < 4.78 is 23.7. The predicted molar refractivity (Wildman–Crippen MR) is 102 cm³/mol. The highest BCUT2D eigenvalue weighted by Gasteiger charge is 2.07. The molecule has 0 aromatic heterocycles. The Labute approximate surface area is 158 Å². The lowest BCUT2D eigenvalue weighted by molar-refractivity contribution is -0.137. The van der Waals surface area contributed by atoms with Crippen molar-refractivity contribution in [2.24, 2.45) is 0 Å². The summed E-state index contributed by atoms with van der Waals surface area (Å²) in [6.45, 7) is 2.12. The van der Waals surface area contributed by atoms with Crippen molar-refractivity contribution in [3.05, 3.63) is 66.0 Å². The minimum Gasteiger partial charge on any atom is -0.463 e. The molecule has 0 aliphatic carbocycles. The number of rotatable bonds is 9. The van der Waals surface area contributed by atoms with Crippen molar-refractivity contribution < 1.29 is 18.7 Å². The van der Waals surface area contributed by atoms with E-state index in [0.29, 0.717) is 24.0 Å². The molecule has 2 rings (SSSR count). The normalized spacial score (nSPS) is 11.3. The molecular formula is C21H22ClFO3. The summed E-state index contributed by atoms with van der Waals surface area (Å²) in [6.07, 6.45) is 4.05. The van der Waals surface area contributed by atoms with E-state index in [-0.39, 0.29) is 11.8 Å². The average molecular weight is 377 g/mol. The fraction of sp³-hybridized carbons (Fsp3) is 0.286. The van der Waals surface area contributed by atoms with Crippen LogP contribution < -0.4 is 4.74 Å². The molecule has 138 valence electrons. The Balaban J connectivity index is 2.12. The molecule has 5 heteroatoms. The molecule has 0 radical (unpaired) electrons. The molecule has 0 bridgehead atoms. The van der Waals surface area contributed by atoms with Gasteiger partial charge in [-0.05, 0) is 73.7 Å². The molecule has 0 fully saturated rings. The molecule has 0 unspecified atom stereocenters. The minimum absolute atomic E-state index is 0.307. The van der Waals surface area contributed by atoms with Crippen LogP contribution in [0.1, 0.15) is 31.7 Å². The Morgan fingerprint density at radius 3 is 2.23 bits per heavy atom. The Bertz CT molecular complexity index is 724. The molecule has 0 heterocycles. The second-order valence-corrected chi connectivity index (χ2v) is 6.03. The Morgan fingerprint density at radius 2 is 1.65 bits per heavy atom. The smallest absolute Gasteiger partial charge is 0.331 e. The van der Waals surface area contributed by atoms with Crippen molar-refractivity contribution in [3.8, 4) is 11.5 Å². The summed E-state index contributed by atoms with van der Waals surface area (Å²) in [4.78, 5) is 11.8. The lowest BCUT2D eigenvalue weighted by Gasteiger charge is -2.10. The van der Waals surface area contributed by atoms with Crippen LogP contribution >= 0.6 is 11.6 Å². The predicted octanol–water partition coefficient (Wildman–Crippen LogP) is 5.97. The van der Waals surface area contributed by atoms with E-state index < -0.39 is 0 Å². The number of hydrogen-bond acceptors (Lipinski definition) is 3. The molecule has 0 aliphatic rings. The number of carbonyl (C=O) groups excluding carboxylic acids is 1. The number of unbranched alkanes of at least 4 members (excludes halogenated alkanes) is 1. The van der Waals surface area contributed by atoms with Crippen LogP contribution in [0, 0.1) is 5.82 Å². The first kappa shape index (κ1) is 20.0. The van der Waals surface area contributed by atoms with Crippen LogP contribution in [0.2, 0.25) is 0 Å². The molecule has 2 aromatic carbocycles. The van der Waals surface area contributed by atoms with Gasteiger partial charge in [0.2, 0.25) is 0 Å². The van der Waals surface area contributed by atoms with E-state index >= 15 is 0 Å². The molecule has 2 aromatic rings. The third kappa shape index (κ3) is 6.52. The van der Waals surface area contributed by atoms with Gasteiger partial charge in [0, 0.05) is 12.0 Å². The maximum Gasteiger partial charge on any atom is 0.331 e. The van der Waals surface area contributed by atoms with Crippen molar-refractivity contribution in [3.63, 3.8) is 0 Å². The van der Waals surface area contributed by atoms with Gasteiger partial charge in [-0.25, -0.2) is 9.18 Å². The van der Waals surface area contributed by atoms with E-state index in [1.54, 1.807) is 19.1 Å². The lowest BCUT2D eigenvalue weighted by atomic mass is 10.00. The first-order valence-corrected chi connectivity index (χ1v) is 9.13. The zero-order valence-electron chi connectivity index (χ0n) is 14.7. The number of esters is 1. The zero-order chi connectivity index (χ0) is 18.8. The maximum absolute atomic E-state index is 12.9. The molecule has 0 amide bonds. The van der Waals surface area contributed by atoms with E-state index in [2.05, 4.69) is 0 Å². The van der Waals surface area contributed by atoms with Crippen molar-refractivity contribution in [1.82, 2.24) is 0 Å². The Morgan fingerprint density at radius 1 is 1.04 bits per heavy atom. The van der Waals surface area contributed by atoms with Gasteiger partial charge in [-0.2, -0.15) is 0 Å². The molecule has 3 nitrogen and oxygen atoms in total. The van der Waals surface area contributed by atoms with Crippen molar-refractivity contribution >= 4 is 23.1 Å². The number of hydrogen-bond donors (Lipinski definition) is 0. The summed E-state index contributed by atoms with van der Waals surface area (Å²) in [5.41, 5.74) is 1.83. The van der Waals surface area contributed by atoms with Gasteiger partial charge in [-0.15, -0.1) is 11.6 Å². The van der Waals surface area contributed by atoms with Crippen LogP contribution in [0.25, 0.3) is 5.57 Å². The van der Waals surface area contributed by atoms with Gasteiger partial charge in [0.05, 0.1) is 6.61 Å². The Kier molecular flexibility index (Phi) is 8.16. The lowest BCUT2D eigenvalue weighted by Crippen LogP contribution is -2.01. The second-order valence-electron chi connectivity index (χ2n) is 5.65. The van der Waals surface area contributed by atoms with Crippen LogP contribution in [0.15, 0.2) is 54.6 Å². The molecule has 0 saturated carbocycles. The highest BCUT2D eigenvalue weighted by molar-refractivity contribution is 6.17. The van der Waals surface area contributed by atoms with Gasteiger partial charge in [0.15, 0.2) is 0 Å². The third-order valence-corrected chi connectivity index (χ3v) is 3.95. The molecular weight excluding hydrogens is 355 g/mol. The summed E-state index contributed by atoms with van der Waals surface area (Å²) in [6, 6.07) is 13.3. The van der Waals surface area contributed by atoms with E-state index in [0.717, 1.165) is 30.4 Å². The fourth-order valence-corrected chi connectivity index (χ4v) is 2.60. The monoisotopic (exact) mass is 376 g/mol. The maximum atomic E-state index is 12.9. The van der Waals surface area contributed by atoms with E-state index in [4.69, 9.17) is 21.1 Å². The standard InChI is InChI=1S/C21H22ClFO3/c1-2-25-21(24)15-17(5-3-4-14-22)16-6-10-19(11-7-16)26-20-12-8-18(23)9-13-20/h6-13,15H,2-5,14H2,1H3/b17-15-. The van der Waals surface area contributed by atoms with E-state index in [9.17, 15) is 9.18 Å². The number of carbonyl (C=O) groups is 1. The number of halogens is 2. The largest absolute Gasteiger partial charge is 0.463 e. The number of benzene rings is 2. The molecule has 0 saturated heterocycles. The molecule has 0 N–H and O–H groups in total. The first-order chi connectivity index (χ1) is 12.6. The summed E-state index contributed by atoms with van der Waals surface area (Å²) in [5.74, 6) is 1.13.